The molecule has 0 atom stereocenters. The van der Waals surface area contributed by atoms with Gasteiger partial charge in [0.1, 0.15) is 0 Å². The van der Waals surface area contributed by atoms with Gasteiger partial charge in [-0.25, -0.2) is 0 Å². The number of rotatable bonds is 6. The van der Waals surface area contributed by atoms with Crippen LogP contribution in [0.15, 0.2) is 4.47 Å². The molecule has 0 bridgehead atoms. The Hall–Kier alpha value is -0.390. The number of aromatic nitrogens is 2. The van der Waals surface area contributed by atoms with E-state index in [9.17, 15) is 10.2 Å². The molecule has 0 aliphatic rings. The van der Waals surface area contributed by atoms with Crippen LogP contribution in [-0.2, 0) is 13.0 Å². The van der Waals surface area contributed by atoms with E-state index in [0.29, 0.717) is 6.42 Å². The highest BCUT2D eigenvalue weighted by molar-refractivity contribution is 9.10. The van der Waals surface area contributed by atoms with Crippen LogP contribution in [0.3, 0.4) is 0 Å². The molecule has 0 aromatic carbocycles. The number of nitrogens with zero attached hydrogens (tertiary/aromatic N) is 2. The summed E-state index contributed by atoms with van der Waals surface area (Å²) in [7, 11) is 0. The Bertz CT molecular complexity index is 398. The summed E-state index contributed by atoms with van der Waals surface area (Å²) in [5.74, 6) is 0.194. The molecule has 0 aliphatic heterocycles. The van der Waals surface area contributed by atoms with Gasteiger partial charge in [-0.3, -0.25) is 4.68 Å². The lowest BCUT2D eigenvalue weighted by Crippen LogP contribution is -2.38. The first-order valence-corrected chi connectivity index (χ1v) is 7.14. The van der Waals surface area contributed by atoms with Crippen LogP contribution in [0.5, 0.6) is 0 Å². The molecule has 1 rings (SSSR count). The van der Waals surface area contributed by atoms with Crippen LogP contribution in [0.1, 0.15) is 32.2 Å². The van der Waals surface area contributed by atoms with Crippen LogP contribution in [-0.4, -0.2) is 33.2 Å². The van der Waals surface area contributed by atoms with Gasteiger partial charge < -0.3 is 10.2 Å². The van der Waals surface area contributed by atoms with Crippen molar-refractivity contribution in [2.24, 2.45) is 11.3 Å². The lowest BCUT2D eigenvalue weighted by atomic mass is 9.75. The first kappa shape index (κ1) is 15.7. The molecule has 0 unspecified atom stereocenters. The summed E-state index contributed by atoms with van der Waals surface area (Å²) in [6.45, 7) is 8.78. The maximum absolute atomic E-state index is 9.66. The number of aryl methyl sites for hydroxylation is 2. The molecular weight excluding hydrogens is 296 g/mol. The molecule has 0 saturated carbocycles. The molecule has 0 radical (unpaired) electrons. The molecule has 0 amide bonds. The second-order valence-electron chi connectivity index (χ2n) is 5.17. The molecule has 1 aromatic rings. The van der Waals surface area contributed by atoms with Gasteiger partial charge in [0.15, 0.2) is 0 Å². The van der Waals surface area contributed by atoms with E-state index in [1.54, 1.807) is 0 Å². The van der Waals surface area contributed by atoms with Gasteiger partial charge >= 0.3 is 0 Å². The summed E-state index contributed by atoms with van der Waals surface area (Å²) in [4.78, 5) is 0. The van der Waals surface area contributed by atoms with Crippen molar-refractivity contribution in [3.8, 4) is 0 Å². The fourth-order valence-electron chi connectivity index (χ4n) is 2.10. The first-order chi connectivity index (χ1) is 8.41. The van der Waals surface area contributed by atoms with Crippen molar-refractivity contribution in [1.82, 2.24) is 9.78 Å². The van der Waals surface area contributed by atoms with Crippen LogP contribution < -0.4 is 0 Å². The van der Waals surface area contributed by atoms with Gasteiger partial charge in [-0.15, -0.1) is 0 Å². The average molecular weight is 319 g/mol. The van der Waals surface area contributed by atoms with Crippen molar-refractivity contribution in [3.63, 3.8) is 0 Å². The minimum atomic E-state index is -0.498. The Morgan fingerprint density at radius 1 is 1.33 bits per heavy atom. The molecule has 0 fully saturated rings. The number of hydrogen-bond donors (Lipinski definition) is 2. The normalized spacial score (nSPS) is 12.4. The molecular formula is C13H23BrN2O2. The smallest absolute Gasteiger partial charge is 0.0738 e. The predicted molar refractivity (Wildman–Crippen MR) is 75.5 cm³/mol. The number of aliphatic hydroxyl groups excluding tert-OH is 2. The monoisotopic (exact) mass is 318 g/mol. The van der Waals surface area contributed by atoms with Crippen molar-refractivity contribution >= 4 is 15.9 Å². The first-order valence-electron chi connectivity index (χ1n) is 6.35. The molecule has 18 heavy (non-hydrogen) atoms. The van der Waals surface area contributed by atoms with Crippen molar-refractivity contribution in [2.75, 3.05) is 13.2 Å². The van der Waals surface area contributed by atoms with Gasteiger partial charge in [-0.2, -0.15) is 5.10 Å². The molecule has 104 valence electrons. The van der Waals surface area contributed by atoms with Gasteiger partial charge in [0.2, 0.25) is 0 Å². The summed E-state index contributed by atoms with van der Waals surface area (Å²) >= 11 is 3.56. The van der Waals surface area contributed by atoms with Crippen molar-refractivity contribution < 1.29 is 10.2 Å². The lowest BCUT2D eigenvalue weighted by Gasteiger charge is -2.34. The molecule has 4 nitrogen and oxygen atoms in total. The van der Waals surface area contributed by atoms with Gasteiger partial charge in [-0.05, 0) is 35.7 Å². The van der Waals surface area contributed by atoms with E-state index in [0.717, 1.165) is 22.4 Å². The molecule has 0 aliphatic carbocycles. The SMILES string of the molecule is CCn1nc(C)c(Br)c1CC(CO)(CO)C(C)C. The Morgan fingerprint density at radius 2 is 1.89 bits per heavy atom. The number of halogens is 1. The Balaban J connectivity index is 3.15. The third-order valence-electron chi connectivity index (χ3n) is 3.83. The molecule has 0 spiro atoms. The zero-order chi connectivity index (χ0) is 13.9. The Morgan fingerprint density at radius 3 is 2.28 bits per heavy atom. The standard InChI is InChI=1S/C13H23BrN2O2/c1-5-16-11(12(14)10(4)15-16)6-13(7-17,8-18)9(2)3/h9,17-18H,5-8H2,1-4H3. The van der Waals surface area contributed by atoms with Crippen molar-refractivity contribution in [2.45, 2.75) is 40.7 Å². The van der Waals surface area contributed by atoms with Gasteiger partial charge in [0.25, 0.3) is 0 Å². The van der Waals surface area contributed by atoms with Crippen LogP contribution in [0, 0.1) is 18.3 Å². The summed E-state index contributed by atoms with van der Waals surface area (Å²) in [5.41, 5.74) is 1.49. The highest BCUT2D eigenvalue weighted by Crippen LogP contribution is 2.34. The minimum absolute atomic E-state index is 0.0262. The zero-order valence-electron chi connectivity index (χ0n) is 11.6. The molecule has 1 heterocycles. The molecule has 1 aromatic heterocycles. The fraction of sp³-hybridized carbons (Fsp3) is 0.769. The summed E-state index contributed by atoms with van der Waals surface area (Å²) in [6, 6.07) is 0. The molecule has 0 saturated heterocycles. The van der Waals surface area contributed by atoms with Crippen LogP contribution in [0.2, 0.25) is 0 Å². The Labute approximate surface area is 117 Å². The second kappa shape index (κ2) is 6.17. The lowest BCUT2D eigenvalue weighted by molar-refractivity contribution is 0.0146. The summed E-state index contributed by atoms with van der Waals surface area (Å²) < 4.78 is 2.92. The largest absolute Gasteiger partial charge is 0.396 e. The van der Waals surface area contributed by atoms with Crippen LogP contribution >= 0.6 is 15.9 Å². The summed E-state index contributed by atoms with van der Waals surface area (Å²) in [5, 5.41) is 23.8. The van der Waals surface area contributed by atoms with E-state index in [1.807, 2.05) is 32.4 Å². The molecule has 2 N–H and O–H groups in total. The van der Waals surface area contributed by atoms with Crippen LogP contribution in [0.25, 0.3) is 0 Å². The van der Waals surface area contributed by atoms with Crippen molar-refractivity contribution in [3.05, 3.63) is 15.9 Å². The minimum Gasteiger partial charge on any atom is -0.396 e. The van der Waals surface area contributed by atoms with Gasteiger partial charge in [0, 0.05) is 18.4 Å². The quantitative estimate of drug-likeness (QED) is 0.845. The van der Waals surface area contributed by atoms with E-state index in [4.69, 9.17) is 0 Å². The van der Waals surface area contributed by atoms with E-state index >= 15 is 0 Å². The van der Waals surface area contributed by atoms with Crippen molar-refractivity contribution in [1.29, 1.82) is 0 Å². The second-order valence-corrected chi connectivity index (χ2v) is 5.96. The van der Waals surface area contributed by atoms with E-state index in [2.05, 4.69) is 21.0 Å². The molecule has 5 heteroatoms. The summed E-state index contributed by atoms with van der Waals surface area (Å²) in [6.07, 6.45) is 0.618. The topological polar surface area (TPSA) is 58.3 Å². The Kier molecular flexibility index (Phi) is 5.37. The maximum Gasteiger partial charge on any atom is 0.0738 e. The maximum atomic E-state index is 9.66. The average Bonchev–Trinajstić information content (AvgIpc) is 2.62. The van der Waals surface area contributed by atoms with Gasteiger partial charge in [-0.1, -0.05) is 13.8 Å². The highest BCUT2D eigenvalue weighted by atomic mass is 79.9. The third-order valence-corrected chi connectivity index (χ3v) is 4.86. The third kappa shape index (κ3) is 2.78. The highest BCUT2D eigenvalue weighted by Gasteiger charge is 2.35. The van der Waals surface area contributed by atoms with Gasteiger partial charge in [0.05, 0.1) is 29.1 Å². The van der Waals surface area contributed by atoms with E-state index in [-0.39, 0.29) is 19.1 Å². The van der Waals surface area contributed by atoms with E-state index < -0.39 is 5.41 Å². The number of hydrogen-bond acceptors (Lipinski definition) is 3. The van der Waals surface area contributed by atoms with Crippen LogP contribution in [0.4, 0.5) is 0 Å². The fourth-order valence-corrected chi connectivity index (χ4v) is 2.53. The number of aliphatic hydroxyl groups is 2. The predicted octanol–water partition coefficient (Wildman–Crippen LogP) is 2.14. The zero-order valence-corrected chi connectivity index (χ0v) is 13.2. The van der Waals surface area contributed by atoms with E-state index in [1.165, 1.54) is 0 Å².